The monoisotopic (exact) mass is 941 g/mol. The van der Waals surface area contributed by atoms with E-state index in [2.05, 4.69) is 57.2 Å². The van der Waals surface area contributed by atoms with Gasteiger partial charge in [0.05, 0.1) is 0 Å². The normalized spacial score (nSPS) is 12.2. The fraction of sp³-hybridized carbons (Fsp3) is 0.852. The molecule has 0 aliphatic rings. The van der Waals surface area contributed by atoms with E-state index in [0.717, 1.165) is 96.3 Å². The molecule has 67 heavy (non-hydrogen) atoms. The maximum absolute atomic E-state index is 12.9. The predicted octanol–water partition coefficient (Wildman–Crippen LogP) is 19.7. The van der Waals surface area contributed by atoms with Crippen LogP contribution in [0.5, 0.6) is 0 Å². The highest BCUT2D eigenvalue weighted by molar-refractivity contribution is 5.71. The van der Waals surface area contributed by atoms with Gasteiger partial charge in [-0.1, -0.05) is 282 Å². The molecule has 0 rings (SSSR count). The smallest absolute Gasteiger partial charge is 0.306 e. The molecule has 0 N–H and O–H groups in total. The molecule has 0 spiro atoms. The minimum Gasteiger partial charge on any atom is -0.462 e. The van der Waals surface area contributed by atoms with Gasteiger partial charge in [0.1, 0.15) is 13.2 Å². The minimum atomic E-state index is -0.775. The van der Waals surface area contributed by atoms with Crippen LogP contribution in [0.4, 0.5) is 0 Å². The van der Waals surface area contributed by atoms with Crippen molar-refractivity contribution >= 4 is 17.9 Å². The van der Waals surface area contributed by atoms with Crippen molar-refractivity contribution in [1.82, 2.24) is 0 Å². The lowest BCUT2D eigenvalue weighted by Crippen LogP contribution is -2.30. The Balaban J connectivity index is 4.34. The average molecular weight is 942 g/mol. The summed E-state index contributed by atoms with van der Waals surface area (Å²) in [6.07, 6.45) is 67.1. The SMILES string of the molecule is CC/C=C/C/C=C/C/C=C/CCCCCCCC(=O)OC[C@H](COC(=O)CCCCCCCCCCCCCCCCCCCC)OC(=O)CCCCCCCCCCCCCCCCCC. The van der Waals surface area contributed by atoms with Crippen molar-refractivity contribution in [3.8, 4) is 0 Å². The van der Waals surface area contributed by atoms with Crippen LogP contribution in [-0.2, 0) is 28.6 Å². The van der Waals surface area contributed by atoms with E-state index in [1.54, 1.807) is 0 Å². The molecule has 0 saturated heterocycles. The first-order valence-corrected chi connectivity index (χ1v) is 29.5. The van der Waals surface area contributed by atoms with Crippen LogP contribution in [0.25, 0.3) is 0 Å². The first-order valence-electron chi connectivity index (χ1n) is 29.5. The van der Waals surface area contributed by atoms with E-state index in [9.17, 15) is 14.4 Å². The molecule has 0 aliphatic carbocycles. The Hall–Kier alpha value is -2.37. The number of rotatable bonds is 54. The summed E-state index contributed by atoms with van der Waals surface area (Å²) in [5.41, 5.74) is 0. The third-order valence-electron chi connectivity index (χ3n) is 13.2. The van der Waals surface area contributed by atoms with Crippen molar-refractivity contribution in [2.75, 3.05) is 13.2 Å². The zero-order chi connectivity index (χ0) is 48.6. The van der Waals surface area contributed by atoms with Crippen LogP contribution in [0.1, 0.15) is 316 Å². The number of esters is 3. The number of carbonyl (C=O) groups is 3. The maximum Gasteiger partial charge on any atom is 0.306 e. The second-order valence-corrected chi connectivity index (χ2v) is 19.9. The molecular formula is C61H112O6. The molecular weight excluding hydrogens is 829 g/mol. The van der Waals surface area contributed by atoms with Gasteiger partial charge in [-0.05, 0) is 51.4 Å². The molecule has 1 atom stereocenters. The fourth-order valence-corrected chi connectivity index (χ4v) is 8.75. The van der Waals surface area contributed by atoms with Crippen LogP contribution in [0, 0.1) is 0 Å². The number of hydrogen-bond acceptors (Lipinski definition) is 6. The quantitative estimate of drug-likeness (QED) is 0.0262. The Bertz CT molecular complexity index is 1130. The second kappa shape index (κ2) is 56.2. The van der Waals surface area contributed by atoms with Gasteiger partial charge in [-0.15, -0.1) is 0 Å². The lowest BCUT2D eigenvalue weighted by Gasteiger charge is -2.18. The molecule has 6 nitrogen and oxygen atoms in total. The zero-order valence-corrected chi connectivity index (χ0v) is 44.9. The minimum absolute atomic E-state index is 0.0725. The molecule has 0 aromatic rings. The van der Waals surface area contributed by atoms with Crippen LogP contribution < -0.4 is 0 Å². The van der Waals surface area contributed by atoms with Gasteiger partial charge >= 0.3 is 17.9 Å². The summed E-state index contributed by atoms with van der Waals surface area (Å²) in [4.78, 5) is 38.2. The predicted molar refractivity (Wildman–Crippen MR) is 289 cm³/mol. The number of hydrogen-bond donors (Lipinski definition) is 0. The molecule has 0 fully saturated rings. The van der Waals surface area contributed by atoms with Crippen molar-refractivity contribution in [2.24, 2.45) is 0 Å². The average Bonchev–Trinajstić information content (AvgIpc) is 3.33. The van der Waals surface area contributed by atoms with E-state index >= 15 is 0 Å². The van der Waals surface area contributed by atoms with Crippen molar-refractivity contribution in [3.63, 3.8) is 0 Å². The summed E-state index contributed by atoms with van der Waals surface area (Å²) >= 11 is 0. The van der Waals surface area contributed by atoms with E-state index in [4.69, 9.17) is 14.2 Å². The standard InChI is InChI=1S/C61H112O6/c1-4-7-10-13-16-19-22-25-28-30-31-34-36-39-42-45-48-51-54-60(63)66-57-58(56-65-59(62)53-50-47-44-41-38-35-32-27-24-21-18-15-12-9-6-3)67-61(64)55-52-49-46-43-40-37-33-29-26-23-20-17-14-11-8-5-2/h9,12,18,21,27,32,58H,4-8,10-11,13-17,19-20,22-26,28-31,33-57H2,1-3H3/b12-9+,21-18+,32-27+/t58-/m1/s1. The summed E-state index contributed by atoms with van der Waals surface area (Å²) in [5.74, 6) is -0.869. The molecule has 0 heterocycles. The number of unbranched alkanes of at least 4 members (excludes halogenated alkanes) is 37. The Kier molecular flexibility index (Phi) is 54.2. The highest BCUT2D eigenvalue weighted by atomic mass is 16.6. The highest BCUT2D eigenvalue weighted by Gasteiger charge is 2.19. The van der Waals surface area contributed by atoms with Crippen LogP contribution in [-0.4, -0.2) is 37.2 Å². The van der Waals surface area contributed by atoms with Gasteiger partial charge in [0, 0.05) is 19.3 Å². The number of ether oxygens (including phenoxy) is 3. The lowest BCUT2D eigenvalue weighted by molar-refractivity contribution is -0.167. The van der Waals surface area contributed by atoms with Gasteiger partial charge in [-0.25, -0.2) is 0 Å². The number of carbonyl (C=O) groups excluding carboxylic acids is 3. The second-order valence-electron chi connectivity index (χ2n) is 19.9. The van der Waals surface area contributed by atoms with Gasteiger partial charge in [0.25, 0.3) is 0 Å². The van der Waals surface area contributed by atoms with Crippen molar-refractivity contribution in [2.45, 2.75) is 322 Å². The molecule has 0 aliphatic heterocycles. The molecule has 392 valence electrons. The maximum atomic E-state index is 12.9. The van der Waals surface area contributed by atoms with Crippen molar-refractivity contribution in [3.05, 3.63) is 36.5 Å². The van der Waals surface area contributed by atoms with Gasteiger partial charge in [-0.3, -0.25) is 14.4 Å². The summed E-state index contributed by atoms with van der Waals surface area (Å²) in [6.45, 7) is 6.57. The van der Waals surface area contributed by atoms with Crippen LogP contribution >= 0.6 is 0 Å². The van der Waals surface area contributed by atoms with E-state index in [1.807, 2.05) is 0 Å². The van der Waals surface area contributed by atoms with Gasteiger partial charge in [0.15, 0.2) is 6.10 Å². The van der Waals surface area contributed by atoms with Crippen molar-refractivity contribution in [1.29, 1.82) is 0 Å². The third-order valence-corrected chi connectivity index (χ3v) is 13.2. The molecule has 0 amide bonds. The Morgan fingerprint density at radius 3 is 0.910 bits per heavy atom. The van der Waals surface area contributed by atoms with Crippen molar-refractivity contribution < 1.29 is 28.6 Å². The molecule has 0 bridgehead atoms. The van der Waals surface area contributed by atoms with Gasteiger partial charge in [0.2, 0.25) is 0 Å². The van der Waals surface area contributed by atoms with E-state index in [-0.39, 0.29) is 31.1 Å². The molecule has 0 aromatic carbocycles. The Morgan fingerprint density at radius 1 is 0.313 bits per heavy atom. The van der Waals surface area contributed by atoms with Crippen LogP contribution in [0.15, 0.2) is 36.5 Å². The van der Waals surface area contributed by atoms with Gasteiger partial charge in [-0.2, -0.15) is 0 Å². The number of allylic oxidation sites excluding steroid dienone is 6. The zero-order valence-electron chi connectivity index (χ0n) is 44.9. The molecule has 0 radical (unpaired) electrons. The van der Waals surface area contributed by atoms with Gasteiger partial charge < -0.3 is 14.2 Å². The first-order chi connectivity index (χ1) is 33.0. The highest BCUT2D eigenvalue weighted by Crippen LogP contribution is 2.17. The summed E-state index contributed by atoms with van der Waals surface area (Å²) in [7, 11) is 0. The van der Waals surface area contributed by atoms with Crippen LogP contribution in [0.2, 0.25) is 0 Å². The fourth-order valence-electron chi connectivity index (χ4n) is 8.75. The third kappa shape index (κ3) is 54.4. The van der Waals surface area contributed by atoms with E-state index in [0.29, 0.717) is 19.3 Å². The van der Waals surface area contributed by atoms with Crippen LogP contribution in [0.3, 0.4) is 0 Å². The lowest BCUT2D eigenvalue weighted by atomic mass is 10.0. The molecule has 0 saturated carbocycles. The topological polar surface area (TPSA) is 78.9 Å². The molecule has 0 unspecified atom stereocenters. The molecule has 0 aromatic heterocycles. The Morgan fingerprint density at radius 2 is 0.582 bits per heavy atom. The van der Waals surface area contributed by atoms with E-state index in [1.165, 1.54) is 180 Å². The summed E-state index contributed by atoms with van der Waals surface area (Å²) in [5, 5.41) is 0. The first kappa shape index (κ1) is 64.6. The summed E-state index contributed by atoms with van der Waals surface area (Å²) < 4.78 is 16.9. The summed E-state index contributed by atoms with van der Waals surface area (Å²) in [6, 6.07) is 0. The molecule has 6 heteroatoms. The van der Waals surface area contributed by atoms with E-state index < -0.39 is 6.10 Å². The Labute approximate surface area is 416 Å². The largest absolute Gasteiger partial charge is 0.462 e.